The van der Waals surface area contributed by atoms with Gasteiger partial charge >= 0.3 is 0 Å². The number of nitrogens with zero attached hydrogens (tertiary/aromatic N) is 1. The third-order valence-corrected chi connectivity index (χ3v) is 4.58. The molecule has 1 aromatic rings. The maximum Gasteiger partial charge on any atom is 0.251 e. The summed E-state index contributed by atoms with van der Waals surface area (Å²) in [5.74, 6) is -0.289. The summed E-state index contributed by atoms with van der Waals surface area (Å²) in [5.41, 5.74) is 1.04. The number of hydrogen-bond donors (Lipinski definition) is 3. The topological polar surface area (TPSA) is 81.7 Å². The minimum atomic E-state index is -0.942. The molecule has 2 aliphatic heterocycles. The Labute approximate surface area is 129 Å². The van der Waals surface area contributed by atoms with Crippen LogP contribution in [0.15, 0.2) is 24.3 Å². The second kappa shape index (κ2) is 5.61. The molecule has 1 saturated heterocycles. The number of rotatable bonds is 2. The van der Waals surface area contributed by atoms with Crippen molar-refractivity contribution in [3.8, 4) is 0 Å². The van der Waals surface area contributed by atoms with Gasteiger partial charge < -0.3 is 20.6 Å². The first-order chi connectivity index (χ1) is 10.6. The quantitative estimate of drug-likeness (QED) is 0.766. The molecule has 6 nitrogen and oxygen atoms in total. The van der Waals surface area contributed by atoms with E-state index in [9.17, 15) is 14.7 Å². The molecule has 1 fully saturated rings. The van der Waals surface area contributed by atoms with E-state index < -0.39 is 11.6 Å². The summed E-state index contributed by atoms with van der Waals surface area (Å²) < 4.78 is 0. The molecule has 6 heteroatoms. The van der Waals surface area contributed by atoms with Crippen LogP contribution in [0.1, 0.15) is 26.2 Å². The summed E-state index contributed by atoms with van der Waals surface area (Å²) in [6.45, 7) is 2.72. The van der Waals surface area contributed by atoms with Gasteiger partial charge in [-0.15, -0.1) is 0 Å². The summed E-state index contributed by atoms with van der Waals surface area (Å²) in [6.07, 6.45) is 0.542. The van der Waals surface area contributed by atoms with Crippen molar-refractivity contribution in [3.05, 3.63) is 24.3 Å². The number of nitrogens with one attached hydrogen (secondary N) is 2. The Bertz CT molecular complexity index is 594. The third kappa shape index (κ3) is 2.43. The Balaban J connectivity index is 1.73. The van der Waals surface area contributed by atoms with Crippen molar-refractivity contribution in [3.63, 3.8) is 0 Å². The van der Waals surface area contributed by atoms with E-state index in [1.807, 2.05) is 24.3 Å². The van der Waals surface area contributed by atoms with Crippen molar-refractivity contribution in [2.75, 3.05) is 23.7 Å². The van der Waals surface area contributed by atoms with E-state index in [0.717, 1.165) is 11.4 Å². The zero-order valence-electron chi connectivity index (χ0n) is 12.6. The lowest BCUT2D eigenvalue weighted by Crippen LogP contribution is -2.59. The number of para-hydroxylation sites is 2. The first-order valence-corrected chi connectivity index (χ1v) is 7.71. The van der Waals surface area contributed by atoms with Gasteiger partial charge in [-0.2, -0.15) is 0 Å². The average Bonchev–Trinajstić information content (AvgIpc) is 2.55. The van der Waals surface area contributed by atoms with Crippen LogP contribution in [-0.2, 0) is 9.59 Å². The van der Waals surface area contributed by atoms with E-state index in [1.165, 1.54) is 0 Å². The Morgan fingerprint density at radius 2 is 1.95 bits per heavy atom. The van der Waals surface area contributed by atoms with Crippen LogP contribution in [0.2, 0.25) is 0 Å². The molecule has 0 saturated carbocycles. The molecule has 2 heterocycles. The number of benzene rings is 1. The zero-order chi connectivity index (χ0) is 15.7. The summed E-state index contributed by atoms with van der Waals surface area (Å²) in [5, 5.41) is 16.0. The van der Waals surface area contributed by atoms with Gasteiger partial charge in [-0.1, -0.05) is 19.1 Å². The minimum absolute atomic E-state index is 0.0469. The Morgan fingerprint density at radius 3 is 2.59 bits per heavy atom. The predicted molar refractivity (Wildman–Crippen MR) is 83.5 cm³/mol. The van der Waals surface area contributed by atoms with Crippen molar-refractivity contribution < 1.29 is 14.7 Å². The first kappa shape index (κ1) is 14.8. The molecule has 22 heavy (non-hydrogen) atoms. The number of hydrogen-bond acceptors (Lipinski definition) is 4. The summed E-state index contributed by atoms with van der Waals surface area (Å²) in [4.78, 5) is 26.2. The SMILES string of the molecule is CCC(O)C(=O)N1CCC2(CC1)Nc1ccccc1NC2=O. The number of likely N-dealkylation sites (tertiary alicyclic amines) is 1. The Kier molecular flexibility index (Phi) is 3.78. The van der Waals surface area contributed by atoms with Crippen LogP contribution in [0, 0.1) is 0 Å². The van der Waals surface area contributed by atoms with E-state index in [-0.39, 0.29) is 11.8 Å². The average molecular weight is 303 g/mol. The molecule has 2 aliphatic rings. The predicted octanol–water partition coefficient (Wildman–Crippen LogP) is 1.18. The fourth-order valence-corrected chi connectivity index (χ4v) is 3.10. The summed E-state index contributed by atoms with van der Waals surface area (Å²) in [7, 11) is 0. The van der Waals surface area contributed by atoms with Crippen LogP contribution >= 0.6 is 0 Å². The molecule has 1 aromatic carbocycles. The Hall–Kier alpha value is -2.08. The fraction of sp³-hybridized carbons (Fsp3) is 0.500. The molecule has 2 amide bonds. The number of anilines is 2. The first-order valence-electron chi connectivity index (χ1n) is 7.71. The second-order valence-corrected chi connectivity index (χ2v) is 5.96. The largest absolute Gasteiger partial charge is 0.383 e. The number of fused-ring (bicyclic) bond motifs is 1. The van der Waals surface area contributed by atoms with Crippen molar-refractivity contribution >= 4 is 23.2 Å². The van der Waals surface area contributed by atoms with Gasteiger partial charge in [-0.05, 0) is 31.4 Å². The van der Waals surface area contributed by atoms with Gasteiger partial charge in [-0.25, -0.2) is 0 Å². The second-order valence-electron chi connectivity index (χ2n) is 5.96. The number of piperidine rings is 1. The monoisotopic (exact) mass is 303 g/mol. The van der Waals surface area contributed by atoms with Crippen LogP contribution in [-0.4, -0.2) is 46.6 Å². The number of aliphatic hydroxyl groups excluding tert-OH is 1. The highest BCUT2D eigenvalue weighted by Crippen LogP contribution is 2.36. The zero-order valence-corrected chi connectivity index (χ0v) is 12.6. The lowest BCUT2D eigenvalue weighted by Gasteiger charge is -2.44. The summed E-state index contributed by atoms with van der Waals surface area (Å²) in [6, 6.07) is 7.61. The van der Waals surface area contributed by atoms with Crippen LogP contribution in [0.25, 0.3) is 0 Å². The van der Waals surface area contributed by atoms with E-state index in [0.29, 0.717) is 32.4 Å². The molecule has 1 atom stereocenters. The molecule has 3 rings (SSSR count). The molecule has 118 valence electrons. The number of amides is 2. The van der Waals surface area contributed by atoms with Crippen LogP contribution in [0.4, 0.5) is 11.4 Å². The van der Waals surface area contributed by atoms with Crippen molar-refractivity contribution in [2.24, 2.45) is 0 Å². The highest BCUT2D eigenvalue weighted by molar-refractivity contribution is 6.06. The number of carbonyl (C=O) groups is 2. The maximum atomic E-state index is 12.5. The molecule has 0 aliphatic carbocycles. The molecule has 0 bridgehead atoms. The highest BCUT2D eigenvalue weighted by atomic mass is 16.3. The molecule has 0 aromatic heterocycles. The highest BCUT2D eigenvalue weighted by Gasteiger charge is 2.45. The lowest BCUT2D eigenvalue weighted by atomic mass is 9.84. The van der Waals surface area contributed by atoms with Gasteiger partial charge in [-0.3, -0.25) is 9.59 Å². The Morgan fingerprint density at radius 1 is 1.32 bits per heavy atom. The van der Waals surface area contributed by atoms with Crippen molar-refractivity contribution in [1.82, 2.24) is 4.90 Å². The van der Waals surface area contributed by atoms with Gasteiger partial charge in [0.15, 0.2) is 0 Å². The van der Waals surface area contributed by atoms with E-state index >= 15 is 0 Å². The maximum absolute atomic E-state index is 12.5. The fourth-order valence-electron chi connectivity index (χ4n) is 3.10. The van der Waals surface area contributed by atoms with Gasteiger partial charge in [0.05, 0.1) is 11.4 Å². The number of aliphatic hydroxyl groups is 1. The molecular weight excluding hydrogens is 282 g/mol. The van der Waals surface area contributed by atoms with E-state index in [4.69, 9.17) is 0 Å². The van der Waals surface area contributed by atoms with Crippen molar-refractivity contribution in [2.45, 2.75) is 37.8 Å². The standard InChI is InChI=1S/C16H21N3O3/c1-2-13(20)14(21)19-9-7-16(8-10-19)15(22)17-11-5-3-4-6-12(11)18-16/h3-6,13,18,20H,2,7-10H2,1H3,(H,17,22). The summed E-state index contributed by atoms with van der Waals surface area (Å²) >= 11 is 0. The van der Waals surface area contributed by atoms with Crippen LogP contribution in [0.3, 0.4) is 0 Å². The van der Waals surface area contributed by atoms with Gasteiger partial charge in [0, 0.05) is 13.1 Å². The lowest BCUT2D eigenvalue weighted by molar-refractivity contribution is -0.143. The van der Waals surface area contributed by atoms with Gasteiger partial charge in [0.25, 0.3) is 5.91 Å². The molecular formula is C16H21N3O3. The third-order valence-electron chi connectivity index (χ3n) is 4.58. The molecule has 1 unspecified atom stereocenters. The van der Waals surface area contributed by atoms with Crippen molar-refractivity contribution in [1.29, 1.82) is 0 Å². The van der Waals surface area contributed by atoms with E-state index in [2.05, 4.69) is 10.6 Å². The van der Waals surface area contributed by atoms with Gasteiger partial charge in [0.2, 0.25) is 5.91 Å². The van der Waals surface area contributed by atoms with E-state index in [1.54, 1.807) is 11.8 Å². The normalized spacial score (nSPS) is 20.8. The smallest absolute Gasteiger partial charge is 0.251 e. The molecule has 3 N–H and O–H groups in total. The van der Waals surface area contributed by atoms with Gasteiger partial charge in [0.1, 0.15) is 11.6 Å². The number of carbonyl (C=O) groups excluding carboxylic acids is 2. The van der Waals surface area contributed by atoms with Crippen LogP contribution in [0.5, 0.6) is 0 Å². The molecule has 0 radical (unpaired) electrons. The van der Waals surface area contributed by atoms with Crippen LogP contribution < -0.4 is 10.6 Å². The molecule has 1 spiro atoms. The minimum Gasteiger partial charge on any atom is -0.383 e.